The first-order valence-electron chi connectivity index (χ1n) is 10.8. The molecule has 31 heavy (non-hydrogen) atoms. The van der Waals surface area contributed by atoms with Crippen LogP contribution in [0.1, 0.15) is 37.7 Å². The molecule has 2 N–H and O–H groups in total. The monoisotopic (exact) mass is 488 g/mol. The molecule has 0 aliphatic carbocycles. The lowest BCUT2D eigenvalue weighted by molar-refractivity contribution is -0.140. The molecule has 0 bridgehead atoms. The molecule has 2 aliphatic heterocycles. The molecule has 2 aliphatic rings. The minimum Gasteiger partial charge on any atom is -0.344 e. The van der Waals surface area contributed by atoms with Crippen molar-refractivity contribution in [1.29, 1.82) is 5.26 Å². The molecule has 2 heterocycles. The summed E-state index contributed by atoms with van der Waals surface area (Å²) in [5.41, 5.74) is 1.14. The van der Waals surface area contributed by atoms with E-state index in [-0.39, 0.29) is 18.4 Å². The average Bonchev–Trinajstić information content (AvgIpc) is 3.25. The van der Waals surface area contributed by atoms with Crippen molar-refractivity contribution in [1.82, 2.24) is 20.4 Å². The van der Waals surface area contributed by atoms with Crippen molar-refractivity contribution in [3.05, 3.63) is 34.3 Å². The highest BCUT2D eigenvalue weighted by Gasteiger charge is 2.30. The van der Waals surface area contributed by atoms with Gasteiger partial charge in [-0.1, -0.05) is 28.1 Å². The highest BCUT2D eigenvalue weighted by atomic mass is 79.9. The van der Waals surface area contributed by atoms with E-state index in [1.54, 1.807) is 4.90 Å². The van der Waals surface area contributed by atoms with Gasteiger partial charge in [-0.05, 0) is 56.2 Å². The maximum Gasteiger partial charge on any atom is 0.245 e. The van der Waals surface area contributed by atoms with E-state index < -0.39 is 6.04 Å². The van der Waals surface area contributed by atoms with E-state index in [4.69, 9.17) is 5.26 Å². The normalized spacial score (nSPS) is 19.7. The summed E-state index contributed by atoms with van der Waals surface area (Å²) in [7, 11) is 0. The summed E-state index contributed by atoms with van der Waals surface area (Å²) in [6.07, 6.45) is 7.05. The van der Waals surface area contributed by atoms with Gasteiger partial charge in [0, 0.05) is 30.7 Å². The van der Waals surface area contributed by atoms with E-state index in [0.717, 1.165) is 55.2 Å². The Hall–Kier alpha value is -2.60. The van der Waals surface area contributed by atoms with E-state index in [1.165, 1.54) is 0 Å². The molecule has 2 fully saturated rings. The fraction of sp³-hybridized carbons (Fsp3) is 0.545. The van der Waals surface area contributed by atoms with Crippen molar-refractivity contribution < 1.29 is 9.59 Å². The second-order valence-corrected chi connectivity index (χ2v) is 8.80. The number of hydrogen-bond donors (Lipinski definition) is 2. The Morgan fingerprint density at radius 1 is 1.16 bits per heavy atom. The predicted molar refractivity (Wildman–Crippen MR) is 122 cm³/mol. The van der Waals surface area contributed by atoms with Crippen molar-refractivity contribution in [3.8, 4) is 6.19 Å². The van der Waals surface area contributed by atoms with Crippen LogP contribution in [0.5, 0.6) is 0 Å². The number of benzene rings is 1. The number of nitrogens with one attached hydrogen (secondary N) is 2. The molecule has 1 unspecified atom stereocenters. The lowest BCUT2D eigenvalue weighted by Gasteiger charge is -2.27. The van der Waals surface area contributed by atoms with E-state index in [9.17, 15) is 9.59 Å². The van der Waals surface area contributed by atoms with E-state index >= 15 is 0 Å². The molecule has 1 aromatic rings. The molecule has 9 heteroatoms. The zero-order chi connectivity index (χ0) is 22.1. The third-order valence-electron chi connectivity index (χ3n) is 5.63. The van der Waals surface area contributed by atoms with Gasteiger partial charge < -0.3 is 15.1 Å². The summed E-state index contributed by atoms with van der Waals surface area (Å²) in [4.78, 5) is 33.6. The average molecular weight is 489 g/mol. The summed E-state index contributed by atoms with van der Waals surface area (Å²) in [5, 5.41) is 14.8. The van der Waals surface area contributed by atoms with Crippen LogP contribution in [0.25, 0.3) is 0 Å². The van der Waals surface area contributed by atoms with Crippen LogP contribution < -0.4 is 10.6 Å². The van der Waals surface area contributed by atoms with E-state index in [0.29, 0.717) is 25.5 Å². The van der Waals surface area contributed by atoms with Gasteiger partial charge in [0.05, 0.1) is 6.54 Å². The van der Waals surface area contributed by atoms with Crippen LogP contribution in [-0.2, 0) is 16.0 Å². The number of hydrogen-bond acceptors (Lipinski definition) is 4. The first kappa shape index (κ1) is 23.1. The zero-order valence-corrected chi connectivity index (χ0v) is 19.2. The number of aliphatic imine (C=N–C) groups is 1. The Morgan fingerprint density at radius 3 is 2.58 bits per heavy atom. The Bertz CT molecular complexity index is 829. The standard InChI is InChI=1S/C22H29BrN6O2/c23-18-8-6-17(7-9-18)10-11-25-22(26-16-24)27-19-5-1-2-14-29(21(19)31)15-20(30)28-12-3-4-13-28/h6-9,19H,1-5,10-15H2,(H2,25,26,27). The number of carbonyl (C=O) groups is 2. The smallest absolute Gasteiger partial charge is 0.245 e. The fourth-order valence-corrected chi connectivity index (χ4v) is 4.18. The van der Waals surface area contributed by atoms with Crippen molar-refractivity contribution in [2.45, 2.75) is 44.6 Å². The van der Waals surface area contributed by atoms with Crippen LogP contribution in [0.3, 0.4) is 0 Å². The molecule has 8 nitrogen and oxygen atoms in total. The molecule has 2 saturated heterocycles. The third-order valence-corrected chi connectivity index (χ3v) is 6.16. The highest BCUT2D eigenvalue weighted by molar-refractivity contribution is 9.10. The van der Waals surface area contributed by atoms with Crippen LogP contribution in [0.4, 0.5) is 0 Å². The Labute approximate surface area is 191 Å². The fourth-order valence-electron chi connectivity index (χ4n) is 3.91. The quantitative estimate of drug-likeness (QED) is 0.276. The molecule has 0 saturated carbocycles. The van der Waals surface area contributed by atoms with Gasteiger partial charge in [0.1, 0.15) is 6.04 Å². The zero-order valence-electron chi connectivity index (χ0n) is 17.6. The predicted octanol–water partition coefficient (Wildman–Crippen LogP) is 2.01. The maximum absolute atomic E-state index is 13.1. The summed E-state index contributed by atoms with van der Waals surface area (Å²) >= 11 is 3.42. The lowest BCUT2D eigenvalue weighted by Crippen LogP contribution is -2.52. The van der Waals surface area contributed by atoms with Crippen LogP contribution in [0, 0.1) is 11.5 Å². The minimum absolute atomic E-state index is 0.0186. The first-order chi connectivity index (χ1) is 15.1. The third kappa shape index (κ3) is 6.96. The Balaban J connectivity index is 1.59. The number of likely N-dealkylation sites (tertiary alicyclic amines) is 2. The summed E-state index contributed by atoms with van der Waals surface area (Å²) in [5.74, 6) is 0.209. The second-order valence-electron chi connectivity index (χ2n) is 7.88. The maximum atomic E-state index is 13.1. The summed E-state index contributed by atoms with van der Waals surface area (Å²) in [6.45, 7) is 2.75. The van der Waals surface area contributed by atoms with Crippen molar-refractivity contribution in [3.63, 3.8) is 0 Å². The van der Waals surface area contributed by atoms with Crippen molar-refractivity contribution in [2.75, 3.05) is 32.7 Å². The molecular weight excluding hydrogens is 460 g/mol. The van der Waals surface area contributed by atoms with E-state index in [1.807, 2.05) is 35.4 Å². The van der Waals surface area contributed by atoms with Crippen LogP contribution in [0.2, 0.25) is 0 Å². The lowest BCUT2D eigenvalue weighted by atomic mass is 10.1. The summed E-state index contributed by atoms with van der Waals surface area (Å²) in [6, 6.07) is 7.51. The number of rotatable bonds is 6. The van der Waals surface area contributed by atoms with Crippen LogP contribution in [0.15, 0.2) is 33.7 Å². The molecule has 0 spiro atoms. The van der Waals surface area contributed by atoms with Gasteiger partial charge in [-0.2, -0.15) is 5.26 Å². The van der Waals surface area contributed by atoms with Crippen molar-refractivity contribution in [2.24, 2.45) is 4.99 Å². The first-order valence-corrected chi connectivity index (χ1v) is 11.6. The van der Waals surface area contributed by atoms with Crippen LogP contribution >= 0.6 is 15.9 Å². The topological polar surface area (TPSA) is 101 Å². The largest absolute Gasteiger partial charge is 0.344 e. The molecule has 0 radical (unpaired) electrons. The summed E-state index contributed by atoms with van der Waals surface area (Å²) < 4.78 is 1.02. The van der Waals surface area contributed by atoms with Gasteiger partial charge in [0.25, 0.3) is 0 Å². The SMILES string of the molecule is N#CNC(=NCCc1ccc(Br)cc1)NC1CCCCN(CC(=O)N2CCCC2)C1=O. The van der Waals surface area contributed by atoms with Gasteiger partial charge in [-0.25, -0.2) is 0 Å². The molecule has 1 aromatic carbocycles. The number of nitrogens with zero attached hydrogens (tertiary/aromatic N) is 4. The number of guanidine groups is 1. The van der Waals surface area contributed by atoms with Gasteiger partial charge >= 0.3 is 0 Å². The molecule has 166 valence electrons. The van der Waals surface area contributed by atoms with Crippen LogP contribution in [-0.4, -0.2) is 66.3 Å². The van der Waals surface area contributed by atoms with Gasteiger partial charge in [-0.3, -0.25) is 19.9 Å². The molecule has 3 rings (SSSR count). The van der Waals surface area contributed by atoms with Gasteiger partial charge in [0.2, 0.25) is 17.8 Å². The van der Waals surface area contributed by atoms with E-state index in [2.05, 4.69) is 31.6 Å². The van der Waals surface area contributed by atoms with Gasteiger partial charge in [0.15, 0.2) is 6.19 Å². The van der Waals surface area contributed by atoms with Crippen molar-refractivity contribution >= 4 is 33.7 Å². The number of amides is 2. The number of carbonyl (C=O) groups excluding carboxylic acids is 2. The molecule has 1 atom stereocenters. The Morgan fingerprint density at radius 2 is 1.87 bits per heavy atom. The Kier molecular flexibility index (Phi) is 8.71. The molecular formula is C22H29BrN6O2. The second kappa shape index (κ2) is 11.7. The van der Waals surface area contributed by atoms with Gasteiger partial charge in [-0.15, -0.1) is 0 Å². The highest BCUT2D eigenvalue weighted by Crippen LogP contribution is 2.15. The molecule has 0 aromatic heterocycles. The minimum atomic E-state index is -0.499. The molecule has 2 amide bonds. The number of halogens is 1. The number of nitriles is 1.